The maximum Gasteiger partial charge on any atom is 0.253 e. The molecule has 3 rings (SSSR count). The van der Waals surface area contributed by atoms with Crippen LogP contribution in [0.25, 0.3) is 6.08 Å². The summed E-state index contributed by atoms with van der Waals surface area (Å²) in [5, 5.41) is 0. The zero-order valence-electron chi connectivity index (χ0n) is 19.2. The summed E-state index contributed by atoms with van der Waals surface area (Å²) in [4.78, 5) is 29.6. The van der Waals surface area contributed by atoms with E-state index >= 15 is 0 Å². The van der Waals surface area contributed by atoms with Crippen molar-refractivity contribution in [3.05, 3.63) is 71.8 Å². The third kappa shape index (κ3) is 6.46. The molecule has 170 valence electrons. The van der Waals surface area contributed by atoms with E-state index in [4.69, 9.17) is 4.74 Å². The molecule has 2 amide bonds. The van der Waals surface area contributed by atoms with Gasteiger partial charge in [0.05, 0.1) is 6.61 Å². The van der Waals surface area contributed by atoms with Crippen LogP contribution in [0.1, 0.15) is 55.5 Å². The molecule has 0 bridgehead atoms. The third-order valence-corrected chi connectivity index (χ3v) is 5.73. The quantitative estimate of drug-likeness (QED) is 0.520. The smallest absolute Gasteiger partial charge is 0.253 e. The van der Waals surface area contributed by atoms with Crippen LogP contribution in [0.4, 0.5) is 0 Å². The summed E-state index contributed by atoms with van der Waals surface area (Å²) in [7, 11) is 0. The fraction of sp³-hybridized carbons (Fsp3) is 0.407. The van der Waals surface area contributed by atoms with Gasteiger partial charge in [0.15, 0.2) is 0 Å². The van der Waals surface area contributed by atoms with E-state index in [1.165, 1.54) is 0 Å². The van der Waals surface area contributed by atoms with Crippen LogP contribution in [0.5, 0.6) is 5.75 Å². The number of carbonyl (C=O) groups is 2. The van der Waals surface area contributed by atoms with Gasteiger partial charge in [0.25, 0.3) is 5.91 Å². The highest BCUT2D eigenvalue weighted by atomic mass is 16.5. The van der Waals surface area contributed by atoms with E-state index in [0.29, 0.717) is 19.7 Å². The number of hydrogen-bond donors (Lipinski definition) is 0. The second-order valence-electron chi connectivity index (χ2n) is 8.17. The monoisotopic (exact) mass is 434 g/mol. The summed E-state index contributed by atoms with van der Waals surface area (Å²) in [6.45, 7) is 6.95. The van der Waals surface area contributed by atoms with Crippen molar-refractivity contribution in [2.75, 3.05) is 26.2 Å². The first-order valence-corrected chi connectivity index (χ1v) is 11.7. The Morgan fingerprint density at radius 3 is 2.31 bits per heavy atom. The van der Waals surface area contributed by atoms with Crippen LogP contribution < -0.4 is 4.74 Å². The number of nitrogens with zero attached hydrogens (tertiary/aromatic N) is 2. The molecule has 1 heterocycles. The molecule has 0 N–H and O–H groups in total. The molecular formula is C27H34N2O3. The number of likely N-dealkylation sites (tertiary alicyclic amines) is 1. The second-order valence-corrected chi connectivity index (χ2v) is 8.17. The van der Waals surface area contributed by atoms with Crippen molar-refractivity contribution in [3.63, 3.8) is 0 Å². The van der Waals surface area contributed by atoms with Gasteiger partial charge in [0, 0.05) is 37.3 Å². The third-order valence-electron chi connectivity index (χ3n) is 5.73. The molecule has 0 atom stereocenters. The Hall–Kier alpha value is -3.08. The minimum Gasteiger partial charge on any atom is -0.494 e. The lowest BCUT2D eigenvalue weighted by atomic mass is 10.0. The number of benzene rings is 2. The fourth-order valence-electron chi connectivity index (χ4n) is 4.02. The molecule has 0 aromatic heterocycles. The molecule has 5 nitrogen and oxygen atoms in total. The molecule has 0 unspecified atom stereocenters. The van der Waals surface area contributed by atoms with E-state index in [1.54, 1.807) is 6.08 Å². The van der Waals surface area contributed by atoms with Gasteiger partial charge < -0.3 is 14.5 Å². The van der Waals surface area contributed by atoms with Crippen molar-refractivity contribution in [1.82, 2.24) is 9.80 Å². The molecule has 2 aromatic rings. The molecule has 2 aromatic carbocycles. The number of hydrogen-bond acceptors (Lipinski definition) is 3. The molecule has 32 heavy (non-hydrogen) atoms. The van der Waals surface area contributed by atoms with Crippen LogP contribution in [-0.2, 0) is 4.79 Å². The van der Waals surface area contributed by atoms with Crippen LogP contribution in [0.2, 0.25) is 0 Å². The first-order valence-electron chi connectivity index (χ1n) is 11.7. The maximum atomic E-state index is 13.0. The Morgan fingerprint density at radius 2 is 1.69 bits per heavy atom. The number of ether oxygens (including phenoxy) is 1. The molecule has 1 aliphatic rings. The van der Waals surface area contributed by atoms with Gasteiger partial charge in [-0.25, -0.2) is 0 Å². The topological polar surface area (TPSA) is 49.9 Å². The Labute approximate surface area is 191 Å². The SMILES string of the molecule is CCCOc1ccc(/C=C/C(=O)N(CCC)C2CCN(C(=O)c3ccccc3)CC2)cc1. The average Bonchev–Trinajstić information content (AvgIpc) is 2.85. The summed E-state index contributed by atoms with van der Waals surface area (Å²) < 4.78 is 5.61. The Balaban J connectivity index is 1.57. The predicted octanol–water partition coefficient (Wildman–Crippen LogP) is 5.03. The fourth-order valence-corrected chi connectivity index (χ4v) is 4.02. The molecule has 1 saturated heterocycles. The van der Waals surface area contributed by atoms with Crippen molar-refractivity contribution < 1.29 is 14.3 Å². The van der Waals surface area contributed by atoms with Crippen LogP contribution in [0.3, 0.4) is 0 Å². The minimum atomic E-state index is 0.0333. The normalized spacial score (nSPS) is 14.5. The first-order chi connectivity index (χ1) is 15.6. The van der Waals surface area contributed by atoms with Crippen molar-refractivity contribution in [3.8, 4) is 5.75 Å². The summed E-state index contributed by atoms with van der Waals surface area (Å²) in [6.07, 6.45) is 7.03. The largest absolute Gasteiger partial charge is 0.494 e. The molecule has 1 aliphatic heterocycles. The van der Waals surface area contributed by atoms with Gasteiger partial charge >= 0.3 is 0 Å². The Morgan fingerprint density at radius 1 is 1.00 bits per heavy atom. The van der Waals surface area contributed by atoms with Crippen molar-refractivity contribution in [2.24, 2.45) is 0 Å². The van der Waals surface area contributed by atoms with Crippen molar-refractivity contribution in [2.45, 2.75) is 45.6 Å². The van der Waals surface area contributed by atoms with Crippen molar-refractivity contribution in [1.29, 1.82) is 0 Å². The van der Waals surface area contributed by atoms with Gasteiger partial charge in [0.1, 0.15) is 5.75 Å². The van der Waals surface area contributed by atoms with Gasteiger partial charge in [0.2, 0.25) is 5.91 Å². The summed E-state index contributed by atoms with van der Waals surface area (Å²) in [5.41, 5.74) is 1.70. The number of carbonyl (C=O) groups excluding carboxylic acids is 2. The molecule has 0 saturated carbocycles. The van der Waals surface area contributed by atoms with Gasteiger partial charge in [-0.05, 0) is 61.6 Å². The van der Waals surface area contributed by atoms with Crippen LogP contribution >= 0.6 is 0 Å². The summed E-state index contributed by atoms with van der Waals surface area (Å²) in [5.74, 6) is 0.953. The van der Waals surface area contributed by atoms with E-state index in [9.17, 15) is 9.59 Å². The standard InChI is InChI=1S/C27H34N2O3/c1-3-18-29(26(30)15-12-22-10-13-25(14-11-22)32-21-4-2)24-16-19-28(20-17-24)27(31)23-8-6-5-7-9-23/h5-15,24H,3-4,16-21H2,1-2H3/b15-12+. The number of rotatable bonds is 9. The van der Waals surface area contributed by atoms with Crippen LogP contribution in [0.15, 0.2) is 60.7 Å². The highest BCUT2D eigenvalue weighted by molar-refractivity contribution is 5.94. The Kier molecular flexibility index (Phi) is 8.90. The Bertz CT molecular complexity index is 885. The molecule has 0 radical (unpaired) electrons. The van der Waals surface area contributed by atoms with Gasteiger partial charge in [-0.15, -0.1) is 0 Å². The molecule has 5 heteroatoms. The minimum absolute atomic E-state index is 0.0333. The zero-order valence-corrected chi connectivity index (χ0v) is 19.2. The van der Waals surface area contributed by atoms with E-state index in [0.717, 1.165) is 49.1 Å². The molecule has 0 aliphatic carbocycles. The molecule has 1 fully saturated rings. The summed E-state index contributed by atoms with van der Waals surface area (Å²) in [6, 6.07) is 17.4. The number of amides is 2. The second kappa shape index (κ2) is 12.1. The number of piperidine rings is 1. The lowest BCUT2D eigenvalue weighted by Crippen LogP contribution is -2.48. The highest BCUT2D eigenvalue weighted by Crippen LogP contribution is 2.20. The zero-order chi connectivity index (χ0) is 22.8. The van der Waals surface area contributed by atoms with E-state index in [1.807, 2.05) is 70.5 Å². The van der Waals surface area contributed by atoms with E-state index in [-0.39, 0.29) is 17.9 Å². The summed E-state index contributed by atoms with van der Waals surface area (Å²) >= 11 is 0. The van der Waals surface area contributed by atoms with Gasteiger partial charge in [-0.3, -0.25) is 9.59 Å². The molecule has 0 spiro atoms. The van der Waals surface area contributed by atoms with Gasteiger partial charge in [-0.1, -0.05) is 44.2 Å². The predicted molar refractivity (Wildman–Crippen MR) is 129 cm³/mol. The van der Waals surface area contributed by atoms with Gasteiger partial charge in [-0.2, -0.15) is 0 Å². The van der Waals surface area contributed by atoms with E-state index in [2.05, 4.69) is 13.8 Å². The molecular weight excluding hydrogens is 400 g/mol. The lowest BCUT2D eigenvalue weighted by Gasteiger charge is -2.38. The van der Waals surface area contributed by atoms with Crippen LogP contribution in [0, 0.1) is 0 Å². The van der Waals surface area contributed by atoms with E-state index < -0.39 is 0 Å². The maximum absolute atomic E-state index is 13.0. The lowest BCUT2D eigenvalue weighted by molar-refractivity contribution is -0.129. The van der Waals surface area contributed by atoms with Crippen LogP contribution in [-0.4, -0.2) is 53.9 Å². The highest BCUT2D eigenvalue weighted by Gasteiger charge is 2.28. The first kappa shape index (κ1) is 23.6. The average molecular weight is 435 g/mol. The van der Waals surface area contributed by atoms with Crippen molar-refractivity contribution >= 4 is 17.9 Å².